The fraction of sp³-hybridized carbons (Fsp3) is 0.409. The molecule has 0 fully saturated rings. The van der Waals surface area contributed by atoms with Gasteiger partial charge < -0.3 is 9.88 Å². The van der Waals surface area contributed by atoms with Gasteiger partial charge in [0.05, 0.1) is 15.9 Å². The van der Waals surface area contributed by atoms with Crippen LogP contribution >= 0.6 is 0 Å². The lowest BCUT2D eigenvalue weighted by Gasteiger charge is -2.18. The van der Waals surface area contributed by atoms with E-state index in [1.54, 1.807) is 30.5 Å². The van der Waals surface area contributed by atoms with Gasteiger partial charge in [-0.15, -0.1) is 0 Å². The van der Waals surface area contributed by atoms with Gasteiger partial charge in [-0.3, -0.25) is 4.79 Å². The van der Waals surface area contributed by atoms with E-state index in [0.717, 1.165) is 24.3 Å². The molecule has 2 heterocycles. The SMILES string of the molecule is CCCn1c(CCC(=O)Nc2ccccn2)nc2cc(S(=O)(=O)N(CC)CC)ccc21. The summed E-state index contributed by atoms with van der Waals surface area (Å²) in [5.74, 6) is 1.14. The van der Waals surface area contributed by atoms with Gasteiger partial charge in [0, 0.05) is 38.7 Å². The molecule has 2 aromatic heterocycles. The maximum atomic E-state index is 12.9. The molecule has 9 heteroatoms. The first-order valence-corrected chi connectivity index (χ1v) is 12.0. The van der Waals surface area contributed by atoms with Gasteiger partial charge in [-0.1, -0.05) is 26.8 Å². The predicted molar refractivity (Wildman–Crippen MR) is 121 cm³/mol. The Morgan fingerprint density at radius 2 is 1.90 bits per heavy atom. The molecule has 0 aliphatic carbocycles. The van der Waals surface area contributed by atoms with E-state index in [1.807, 2.05) is 26.0 Å². The minimum atomic E-state index is -3.56. The molecule has 0 saturated carbocycles. The Morgan fingerprint density at radius 3 is 2.55 bits per heavy atom. The molecule has 8 nitrogen and oxygen atoms in total. The fourth-order valence-corrected chi connectivity index (χ4v) is 5.04. The summed E-state index contributed by atoms with van der Waals surface area (Å²) in [5, 5.41) is 2.78. The Labute approximate surface area is 183 Å². The van der Waals surface area contributed by atoms with Gasteiger partial charge in [0.25, 0.3) is 0 Å². The molecule has 0 atom stereocenters. The van der Waals surface area contributed by atoms with Gasteiger partial charge in [-0.2, -0.15) is 4.31 Å². The number of nitrogens with one attached hydrogen (secondary N) is 1. The van der Waals surface area contributed by atoms with Crippen molar-refractivity contribution in [1.82, 2.24) is 18.8 Å². The zero-order valence-corrected chi connectivity index (χ0v) is 19.0. The third-order valence-electron chi connectivity index (χ3n) is 5.10. The maximum Gasteiger partial charge on any atom is 0.243 e. The number of imidazole rings is 1. The molecule has 1 amide bonds. The molecule has 1 aromatic carbocycles. The summed E-state index contributed by atoms with van der Waals surface area (Å²) in [7, 11) is -3.56. The monoisotopic (exact) mass is 443 g/mol. The molecule has 0 spiro atoms. The molecule has 0 bridgehead atoms. The van der Waals surface area contributed by atoms with Crippen molar-refractivity contribution >= 4 is 32.8 Å². The van der Waals surface area contributed by atoms with E-state index in [1.165, 1.54) is 4.31 Å². The molecule has 0 saturated heterocycles. The van der Waals surface area contributed by atoms with Crippen LogP contribution in [0.25, 0.3) is 11.0 Å². The van der Waals surface area contributed by atoms with Crippen molar-refractivity contribution in [2.24, 2.45) is 0 Å². The van der Waals surface area contributed by atoms with Crippen LogP contribution in [0.4, 0.5) is 5.82 Å². The second kappa shape index (κ2) is 10.0. The predicted octanol–water partition coefficient (Wildman–Crippen LogP) is 3.44. The largest absolute Gasteiger partial charge is 0.328 e. The zero-order valence-electron chi connectivity index (χ0n) is 18.2. The Kier molecular flexibility index (Phi) is 7.40. The van der Waals surface area contributed by atoms with Crippen LogP contribution in [0, 0.1) is 0 Å². The Morgan fingerprint density at radius 1 is 1.13 bits per heavy atom. The van der Waals surface area contributed by atoms with Gasteiger partial charge in [-0.25, -0.2) is 18.4 Å². The van der Waals surface area contributed by atoms with Crippen LogP contribution in [0.1, 0.15) is 39.4 Å². The number of aromatic nitrogens is 3. The van der Waals surface area contributed by atoms with Crippen molar-refractivity contribution in [1.29, 1.82) is 0 Å². The minimum Gasteiger partial charge on any atom is -0.328 e. The number of fused-ring (bicyclic) bond motifs is 1. The van der Waals surface area contributed by atoms with Crippen molar-refractivity contribution in [3.8, 4) is 0 Å². The highest BCUT2D eigenvalue weighted by Crippen LogP contribution is 2.24. The Bertz CT molecular complexity index is 1140. The smallest absolute Gasteiger partial charge is 0.243 e. The molecular formula is C22H29N5O3S. The van der Waals surface area contributed by atoms with E-state index in [9.17, 15) is 13.2 Å². The van der Waals surface area contributed by atoms with Gasteiger partial charge in [-0.05, 0) is 36.8 Å². The molecule has 3 aromatic rings. The first kappa shape index (κ1) is 22.9. The number of amides is 1. The number of pyridine rings is 1. The number of nitrogens with zero attached hydrogens (tertiary/aromatic N) is 4. The second-order valence-corrected chi connectivity index (χ2v) is 9.12. The average molecular weight is 444 g/mol. The topological polar surface area (TPSA) is 97.2 Å². The lowest BCUT2D eigenvalue weighted by molar-refractivity contribution is -0.116. The van der Waals surface area contributed by atoms with Crippen LogP contribution in [0.5, 0.6) is 0 Å². The van der Waals surface area contributed by atoms with Crippen LogP contribution in [-0.4, -0.2) is 46.3 Å². The quantitative estimate of drug-likeness (QED) is 0.518. The van der Waals surface area contributed by atoms with E-state index in [2.05, 4.69) is 26.8 Å². The molecule has 31 heavy (non-hydrogen) atoms. The Balaban J connectivity index is 1.85. The van der Waals surface area contributed by atoms with Crippen molar-refractivity contribution in [3.05, 3.63) is 48.4 Å². The van der Waals surface area contributed by atoms with Gasteiger partial charge in [0.1, 0.15) is 11.6 Å². The summed E-state index contributed by atoms with van der Waals surface area (Å²) in [6.45, 7) is 7.29. The molecule has 166 valence electrons. The van der Waals surface area contributed by atoms with E-state index < -0.39 is 10.0 Å². The highest BCUT2D eigenvalue weighted by atomic mass is 32.2. The van der Waals surface area contributed by atoms with Crippen molar-refractivity contribution in [3.63, 3.8) is 0 Å². The van der Waals surface area contributed by atoms with Gasteiger partial charge in [0.2, 0.25) is 15.9 Å². The molecule has 0 aliphatic rings. The van der Waals surface area contributed by atoms with Crippen LogP contribution in [0.3, 0.4) is 0 Å². The van der Waals surface area contributed by atoms with Crippen molar-refractivity contribution in [2.45, 2.75) is 51.5 Å². The average Bonchev–Trinajstić information content (AvgIpc) is 3.11. The molecule has 0 unspecified atom stereocenters. The van der Waals surface area contributed by atoms with Crippen LogP contribution < -0.4 is 5.32 Å². The van der Waals surface area contributed by atoms with E-state index in [4.69, 9.17) is 0 Å². The third-order valence-corrected chi connectivity index (χ3v) is 7.14. The summed E-state index contributed by atoms with van der Waals surface area (Å²) >= 11 is 0. The molecule has 0 radical (unpaired) electrons. The number of hydrogen-bond donors (Lipinski definition) is 1. The van der Waals surface area contributed by atoms with Crippen LogP contribution in [0.15, 0.2) is 47.5 Å². The number of sulfonamides is 1. The summed E-state index contributed by atoms with van der Waals surface area (Å²) in [6, 6.07) is 10.4. The molecule has 0 aliphatic heterocycles. The molecule has 3 rings (SSSR count). The second-order valence-electron chi connectivity index (χ2n) is 7.18. The lowest BCUT2D eigenvalue weighted by atomic mass is 10.2. The van der Waals surface area contributed by atoms with Gasteiger partial charge in [0.15, 0.2) is 0 Å². The number of hydrogen-bond acceptors (Lipinski definition) is 5. The number of benzene rings is 1. The number of aryl methyl sites for hydroxylation is 2. The zero-order chi connectivity index (χ0) is 22.4. The molecule has 1 N–H and O–H groups in total. The number of carbonyl (C=O) groups is 1. The number of rotatable bonds is 10. The maximum absolute atomic E-state index is 12.9. The van der Waals surface area contributed by atoms with E-state index in [-0.39, 0.29) is 17.2 Å². The normalized spacial score (nSPS) is 11.9. The molecular weight excluding hydrogens is 414 g/mol. The number of carbonyl (C=O) groups excluding carboxylic acids is 1. The Hall–Kier alpha value is -2.78. The van der Waals surface area contributed by atoms with E-state index >= 15 is 0 Å². The number of anilines is 1. The minimum absolute atomic E-state index is 0.140. The standard InChI is InChI=1S/C22H29N5O3S/c1-4-15-27-19-11-10-17(31(29,30)26(5-2)6-3)16-18(19)24-21(27)12-13-22(28)25-20-9-7-8-14-23-20/h7-11,14,16H,4-6,12-13,15H2,1-3H3,(H,23,25,28). The van der Waals surface area contributed by atoms with Crippen molar-refractivity contribution < 1.29 is 13.2 Å². The fourth-order valence-electron chi connectivity index (χ4n) is 3.56. The lowest BCUT2D eigenvalue weighted by Crippen LogP contribution is -2.30. The first-order valence-electron chi connectivity index (χ1n) is 10.6. The highest BCUT2D eigenvalue weighted by Gasteiger charge is 2.23. The van der Waals surface area contributed by atoms with Gasteiger partial charge >= 0.3 is 0 Å². The third kappa shape index (κ3) is 5.11. The van der Waals surface area contributed by atoms with Crippen LogP contribution in [0.2, 0.25) is 0 Å². The highest BCUT2D eigenvalue weighted by molar-refractivity contribution is 7.89. The van der Waals surface area contributed by atoms with E-state index in [0.29, 0.717) is 30.8 Å². The summed E-state index contributed by atoms with van der Waals surface area (Å²) < 4.78 is 29.3. The summed E-state index contributed by atoms with van der Waals surface area (Å²) in [6.07, 6.45) is 3.23. The van der Waals surface area contributed by atoms with Crippen LogP contribution in [-0.2, 0) is 27.8 Å². The summed E-state index contributed by atoms with van der Waals surface area (Å²) in [4.78, 5) is 21.3. The first-order chi connectivity index (χ1) is 14.9. The van der Waals surface area contributed by atoms with Crippen molar-refractivity contribution in [2.75, 3.05) is 18.4 Å². The summed E-state index contributed by atoms with van der Waals surface area (Å²) in [5.41, 5.74) is 1.50.